The average molecular weight is 352 g/mol. The number of H-pyrrole nitrogens is 1. The molecule has 0 aliphatic carbocycles. The van der Waals surface area contributed by atoms with Crippen LogP contribution in [0.5, 0.6) is 0 Å². The Morgan fingerprint density at radius 1 is 1.53 bits per heavy atom. The minimum atomic E-state index is 0.551. The summed E-state index contributed by atoms with van der Waals surface area (Å²) in [5, 5.41) is 7.44. The molecule has 1 aromatic heterocycles. The fourth-order valence-corrected chi connectivity index (χ4v) is 2.54. The lowest BCUT2D eigenvalue weighted by molar-refractivity contribution is 0.963. The number of aromatic amines is 1. The summed E-state index contributed by atoms with van der Waals surface area (Å²) in [6.45, 7) is 1.88. The predicted octanol–water partition coefficient (Wildman–Crippen LogP) is 3.50. The van der Waals surface area contributed by atoms with Gasteiger partial charge in [-0.15, -0.1) is 0 Å². The van der Waals surface area contributed by atoms with E-state index in [1.165, 1.54) is 0 Å². The van der Waals surface area contributed by atoms with E-state index in [4.69, 9.17) is 23.8 Å². The molecule has 1 aromatic carbocycles. The van der Waals surface area contributed by atoms with Gasteiger partial charge in [-0.25, -0.2) is 0 Å². The zero-order valence-corrected chi connectivity index (χ0v) is 11.5. The van der Waals surface area contributed by atoms with Gasteiger partial charge in [0.15, 0.2) is 4.77 Å². The molecule has 0 bridgehead atoms. The van der Waals surface area contributed by atoms with Crippen LogP contribution in [0.25, 0.3) is 5.69 Å². The van der Waals surface area contributed by atoms with Crippen molar-refractivity contribution in [2.75, 3.05) is 0 Å². The maximum atomic E-state index is 6.15. The quantitative estimate of drug-likeness (QED) is 0.630. The van der Waals surface area contributed by atoms with Crippen LogP contribution in [0, 0.1) is 15.3 Å². The normalized spacial score (nSPS) is 10.6. The molecule has 3 nitrogen and oxygen atoms in total. The molecule has 2 aromatic rings. The van der Waals surface area contributed by atoms with Crippen LogP contribution in [0.1, 0.15) is 5.82 Å². The van der Waals surface area contributed by atoms with Gasteiger partial charge in [0.2, 0.25) is 0 Å². The van der Waals surface area contributed by atoms with Crippen molar-refractivity contribution in [2.24, 2.45) is 0 Å². The van der Waals surface area contributed by atoms with Gasteiger partial charge in [0.1, 0.15) is 5.82 Å². The van der Waals surface area contributed by atoms with Gasteiger partial charge < -0.3 is 0 Å². The SMILES string of the molecule is Cc1n[nH]c(=S)n1-c1ccc(I)cc1Cl. The number of aryl methyl sites for hydroxylation is 1. The summed E-state index contributed by atoms with van der Waals surface area (Å²) in [5.74, 6) is 0.795. The highest BCUT2D eigenvalue weighted by atomic mass is 127. The molecule has 0 aliphatic rings. The van der Waals surface area contributed by atoms with Crippen molar-refractivity contribution in [2.45, 2.75) is 6.92 Å². The summed E-state index contributed by atoms with van der Waals surface area (Å²) in [7, 11) is 0. The zero-order valence-electron chi connectivity index (χ0n) is 7.79. The van der Waals surface area contributed by atoms with Gasteiger partial charge in [-0.3, -0.25) is 9.67 Å². The van der Waals surface area contributed by atoms with Crippen LogP contribution in [0.4, 0.5) is 0 Å². The Labute approximate surface area is 111 Å². The minimum absolute atomic E-state index is 0.551. The first-order valence-corrected chi connectivity index (χ1v) is 6.05. The first-order valence-electron chi connectivity index (χ1n) is 4.19. The van der Waals surface area contributed by atoms with Crippen molar-refractivity contribution < 1.29 is 0 Å². The summed E-state index contributed by atoms with van der Waals surface area (Å²) in [6, 6.07) is 5.81. The fraction of sp³-hybridized carbons (Fsp3) is 0.111. The Morgan fingerprint density at radius 3 is 2.80 bits per heavy atom. The van der Waals surface area contributed by atoms with E-state index in [2.05, 4.69) is 32.8 Å². The van der Waals surface area contributed by atoms with Crippen molar-refractivity contribution >= 4 is 46.4 Å². The van der Waals surface area contributed by atoms with E-state index in [0.717, 1.165) is 15.1 Å². The summed E-state index contributed by atoms with van der Waals surface area (Å²) in [4.78, 5) is 0. The van der Waals surface area contributed by atoms with E-state index in [0.29, 0.717) is 9.79 Å². The molecule has 1 heterocycles. The molecule has 0 saturated carbocycles. The van der Waals surface area contributed by atoms with Gasteiger partial charge in [0.05, 0.1) is 10.7 Å². The Balaban J connectivity index is 2.69. The summed E-state index contributed by atoms with van der Waals surface area (Å²) in [5.41, 5.74) is 0.855. The van der Waals surface area contributed by atoms with Crippen molar-refractivity contribution in [3.8, 4) is 5.69 Å². The third-order valence-corrected chi connectivity index (χ3v) is 3.24. The van der Waals surface area contributed by atoms with Gasteiger partial charge in [0, 0.05) is 3.57 Å². The van der Waals surface area contributed by atoms with Gasteiger partial charge in [-0.2, -0.15) is 5.10 Å². The molecule has 2 rings (SSSR count). The number of benzene rings is 1. The highest BCUT2D eigenvalue weighted by molar-refractivity contribution is 14.1. The lowest BCUT2D eigenvalue weighted by Crippen LogP contribution is -1.98. The lowest BCUT2D eigenvalue weighted by atomic mass is 10.3. The molecule has 15 heavy (non-hydrogen) atoms. The second-order valence-electron chi connectivity index (χ2n) is 3.01. The summed E-state index contributed by atoms with van der Waals surface area (Å²) < 4.78 is 3.46. The number of hydrogen-bond donors (Lipinski definition) is 1. The van der Waals surface area contributed by atoms with Crippen molar-refractivity contribution in [3.63, 3.8) is 0 Å². The largest absolute Gasteiger partial charge is 0.271 e. The van der Waals surface area contributed by atoms with Crippen LogP contribution >= 0.6 is 46.4 Å². The molecule has 78 valence electrons. The van der Waals surface area contributed by atoms with Crippen LogP contribution in [0.3, 0.4) is 0 Å². The standard InChI is InChI=1S/C9H7ClIN3S/c1-5-12-13-9(15)14(5)8-3-2-6(11)4-7(8)10/h2-4H,1H3,(H,13,15). The molecular weight excluding hydrogens is 345 g/mol. The third-order valence-electron chi connectivity index (χ3n) is 1.99. The molecular formula is C9H7ClIN3S. The Hall–Kier alpha value is -0.400. The zero-order chi connectivity index (χ0) is 11.0. The summed E-state index contributed by atoms with van der Waals surface area (Å²) in [6.07, 6.45) is 0. The number of nitrogens with zero attached hydrogens (tertiary/aromatic N) is 2. The number of hydrogen-bond acceptors (Lipinski definition) is 2. The van der Waals surface area contributed by atoms with Crippen molar-refractivity contribution in [1.29, 1.82) is 0 Å². The molecule has 0 unspecified atom stereocenters. The topological polar surface area (TPSA) is 33.6 Å². The van der Waals surface area contributed by atoms with Crippen molar-refractivity contribution in [1.82, 2.24) is 14.8 Å². The van der Waals surface area contributed by atoms with E-state index in [1.807, 2.05) is 29.7 Å². The fourth-order valence-electron chi connectivity index (χ4n) is 1.32. The van der Waals surface area contributed by atoms with E-state index < -0.39 is 0 Å². The molecule has 0 amide bonds. The smallest absolute Gasteiger partial charge is 0.199 e. The van der Waals surface area contributed by atoms with E-state index in [1.54, 1.807) is 0 Å². The molecule has 0 radical (unpaired) electrons. The number of nitrogens with one attached hydrogen (secondary N) is 1. The Bertz CT molecular complexity index is 561. The number of halogens is 2. The molecule has 0 aliphatic heterocycles. The van der Waals surface area contributed by atoms with Crippen LogP contribution in [0.2, 0.25) is 5.02 Å². The maximum Gasteiger partial charge on any atom is 0.199 e. The van der Waals surface area contributed by atoms with Crippen LogP contribution < -0.4 is 0 Å². The first-order chi connectivity index (χ1) is 7.09. The highest BCUT2D eigenvalue weighted by Gasteiger charge is 2.07. The molecule has 0 fully saturated rings. The predicted molar refractivity (Wildman–Crippen MR) is 71.2 cm³/mol. The monoisotopic (exact) mass is 351 g/mol. The third kappa shape index (κ3) is 2.09. The molecule has 0 atom stereocenters. The van der Waals surface area contributed by atoms with E-state index >= 15 is 0 Å². The van der Waals surface area contributed by atoms with E-state index in [9.17, 15) is 0 Å². The molecule has 0 saturated heterocycles. The second-order valence-corrected chi connectivity index (χ2v) is 5.05. The number of rotatable bonds is 1. The molecule has 6 heteroatoms. The van der Waals surface area contributed by atoms with Gasteiger partial charge in [0.25, 0.3) is 0 Å². The first kappa shape index (κ1) is 11.1. The van der Waals surface area contributed by atoms with Crippen molar-refractivity contribution in [3.05, 3.63) is 37.4 Å². The molecule has 1 N–H and O–H groups in total. The average Bonchev–Trinajstić information content (AvgIpc) is 2.48. The minimum Gasteiger partial charge on any atom is -0.271 e. The maximum absolute atomic E-state index is 6.15. The van der Waals surface area contributed by atoms with Crippen LogP contribution in [-0.4, -0.2) is 14.8 Å². The van der Waals surface area contributed by atoms with Crippen LogP contribution in [0.15, 0.2) is 18.2 Å². The highest BCUT2D eigenvalue weighted by Crippen LogP contribution is 2.23. The van der Waals surface area contributed by atoms with Gasteiger partial charge in [-0.05, 0) is 59.9 Å². The Morgan fingerprint density at radius 2 is 2.27 bits per heavy atom. The molecule has 0 spiro atoms. The lowest BCUT2D eigenvalue weighted by Gasteiger charge is -2.06. The second kappa shape index (κ2) is 4.23. The number of aromatic nitrogens is 3. The van der Waals surface area contributed by atoms with Gasteiger partial charge in [-0.1, -0.05) is 11.6 Å². The van der Waals surface area contributed by atoms with Crippen LogP contribution in [-0.2, 0) is 0 Å². The summed E-state index contributed by atoms with van der Waals surface area (Å²) >= 11 is 13.5. The van der Waals surface area contributed by atoms with Gasteiger partial charge >= 0.3 is 0 Å². The Kier molecular flexibility index (Phi) is 3.13. The van der Waals surface area contributed by atoms with E-state index in [-0.39, 0.29) is 0 Å².